The lowest BCUT2D eigenvalue weighted by Crippen LogP contribution is -2.39. The molecule has 0 fully saturated rings. The van der Waals surface area contributed by atoms with Gasteiger partial charge < -0.3 is 10.1 Å². The van der Waals surface area contributed by atoms with Crippen molar-refractivity contribution in [1.82, 2.24) is 9.62 Å². The molecule has 1 heterocycles. The summed E-state index contributed by atoms with van der Waals surface area (Å²) in [5.41, 5.74) is 1.06. The van der Waals surface area contributed by atoms with Crippen LogP contribution in [0.5, 0.6) is 0 Å². The SMILES string of the molecule is CCN(CC)S(=O)(=O)C1=C(C)NC(C)=C(C(=O)OC(C)C)C1c1cccc([N+](=O)[O-])c1. The molecule has 1 aromatic carbocycles. The Hall–Kier alpha value is -2.72. The van der Waals surface area contributed by atoms with Gasteiger partial charge in [0.15, 0.2) is 0 Å². The highest BCUT2D eigenvalue weighted by Crippen LogP contribution is 2.43. The maximum atomic E-state index is 13.6. The van der Waals surface area contributed by atoms with E-state index < -0.39 is 32.9 Å². The molecule has 1 aliphatic rings. The number of esters is 1. The van der Waals surface area contributed by atoms with Crippen molar-refractivity contribution in [1.29, 1.82) is 0 Å². The molecule has 0 saturated heterocycles. The highest BCUT2D eigenvalue weighted by Gasteiger charge is 2.42. The minimum atomic E-state index is -3.98. The third-order valence-corrected chi connectivity index (χ3v) is 7.29. The molecule has 170 valence electrons. The fourth-order valence-corrected chi connectivity index (χ4v) is 5.65. The molecule has 31 heavy (non-hydrogen) atoms. The van der Waals surface area contributed by atoms with Gasteiger partial charge in [0.25, 0.3) is 5.69 Å². The Kier molecular flexibility index (Phi) is 7.61. The van der Waals surface area contributed by atoms with Gasteiger partial charge in [-0.05, 0) is 33.3 Å². The van der Waals surface area contributed by atoms with Crippen LogP contribution in [0.1, 0.15) is 53.0 Å². The van der Waals surface area contributed by atoms with Crippen LogP contribution in [0.2, 0.25) is 0 Å². The standard InChI is InChI=1S/C21H29N3O6S/c1-7-23(8-2)31(28,29)20-15(6)22-14(5)18(21(25)30-13(3)4)19(20)16-10-9-11-17(12-16)24(26)27/h9-13,19,22H,7-8H2,1-6H3. The van der Waals surface area contributed by atoms with Gasteiger partial charge in [-0.2, -0.15) is 4.31 Å². The predicted octanol–water partition coefficient (Wildman–Crippen LogP) is 3.41. The van der Waals surface area contributed by atoms with E-state index in [-0.39, 0.29) is 29.3 Å². The van der Waals surface area contributed by atoms with Gasteiger partial charge in [0.05, 0.1) is 27.4 Å². The van der Waals surface area contributed by atoms with Gasteiger partial charge in [0.1, 0.15) is 0 Å². The van der Waals surface area contributed by atoms with Crippen molar-refractivity contribution in [3.05, 3.63) is 61.8 Å². The number of nitro benzene ring substituents is 1. The second-order valence-electron chi connectivity index (χ2n) is 7.48. The predicted molar refractivity (Wildman–Crippen MR) is 117 cm³/mol. The molecule has 2 rings (SSSR count). The van der Waals surface area contributed by atoms with Gasteiger partial charge >= 0.3 is 5.97 Å². The maximum absolute atomic E-state index is 13.6. The summed E-state index contributed by atoms with van der Waals surface area (Å²) in [5.74, 6) is -1.71. The fraction of sp³-hybridized carbons (Fsp3) is 0.476. The molecule has 10 heteroatoms. The Balaban J connectivity index is 2.82. The summed E-state index contributed by atoms with van der Waals surface area (Å²) in [6, 6.07) is 5.69. The van der Waals surface area contributed by atoms with Crippen molar-refractivity contribution < 1.29 is 22.9 Å². The van der Waals surface area contributed by atoms with E-state index in [0.717, 1.165) is 0 Å². The van der Waals surface area contributed by atoms with Gasteiger partial charge in [-0.3, -0.25) is 10.1 Å². The summed E-state index contributed by atoms with van der Waals surface area (Å²) >= 11 is 0. The number of carbonyl (C=O) groups is 1. The quantitative estimate of drug-likeness (QED) is 0.365. The molecule has 0 amide bonds. The highest BCUT2D eigenvalue weighted by molar-refractivity contribution is 7.93. The minimum Gasteiger partial charge on any atom is -0.460 e. The number of hydrogen-bond acceptors (Lipinski definition) is 7. The average Bonchev–Trinajstić information content (AvgIpc) is 2.67. The lowest BCUT2D eigenvalue weighted by atomic mass is 9.86. The third kappa shape index (κ3) is 4.96. The van der Waals surface area contributed by atoms with Crippen molar-refractivity contribution >= 4 is 21.7 Å². The summed E-state index contributed by atoms with van der Waals surface area (Å²) in [6.45, 7) is 10.6. The number of benzene rings is 1. The van der Waals surface area contributed by atoms with Gasteiger partial charge in [0, 0.05) is 36.6 Å². The van der Waals surface area contributed by atoms with E-state index in [1.165, 1.54) is 22.5 Å². The van der Waals surface area contributed by atoms with E-state index in [9.17, 15) is 23.3 Å². The lowest BCUT2D eigenvalue weighted by Gasteiger charge is -2.33. The topological polar surface area (TPSA) is 119 Å². The zero-order chi connectivity index (χ0) is 23.5. The second-order valence-corrected chi connectivity index (χ2v) is 9.39. The molecule has 0 radical (unpaired) electrons. The molecule has 0 bridgehead atoms. The molecule has 9 nitrogen and oxygen atoms in total. The number of sulfonamides is 1. The van der Waals surface area contributed by atoms with E-state index >= 15 is 0 Å². The smallest absolute Gasteiger partial charge is 0.337 e. The monoisotopic (exact) mass is 451 g/mol. The molecular weight excluding hydrogens is 422 g/mol. The lowest BCUT2D eigenvalue weighted by molar-refractivity contribution is -0.384. The first-order chi connectivity index (χ1) is 14.4. The van der Waals surface area contributed by atoms with Crippen molar-refractivity contribution in [3.8, 4) is 0 Å². The molecule has 1 N–H and O–H groups in total. The molecule has 0 spiro atoms. The number of nitrogens with zero attached hydrogens (tertiary/aromatic N) is 2. The summed E-state index contributed by atoms with van der Waals surface area (Å²) < 4.78 is 33.8. The molecule has 0 aromatic heterocycles. The number of allylic oxidation sites excluding steroid dienone is 3. The number of carbonyl (C=O) groups excluding carboxylic acids is 1. The largest absolute Gasteiger partial charge is 0.460 e. The maximum Gasteiger partial charge on any atom is 0.337 e. The van der Waals surface area contributed by atoms with Gasteiger partial charge in [0.2, 0.25) is 10.0 Å². The van der Waals surface area contributed by atoms with Gasteiger partial charge in [-0.1, -0.05) is 26.0 Å². The summed E-state index contributed by atoms with van der Waals surface area (Å²) in [6.07, 6.45) is -0.423. The number of hydrogen-bond donors (Lipinski definition) is 1. The number of dihydropyridines is 1. The van der Waals surface area contributed by atoms with Crippen LogP contribution in [0, 0.1) is 10.1 Å². The van der Waals surface area contributed by atoms with Crippen molar-refractivity contribution in [2.75, 3.05) is 13.1 Å². The van der Waals surface area contributed by atoms with Crippen LogP contribution in [0.4, 0.5) is 5.69 Å². The first kappa shape index (κ1) is 24.5. The van der Waals surface area contributed by atoms with Crippen LogP contribution in [0.15, 0.2) is 46.1 Å². The van der Waals surface area contributed by atoms with Crippen molar-refractivity contribution in [2.45, 2.75) is 53.6 Å². The highest BCUT2D eigenvalue weighted by atomic mass is 32.2. The number of nitrogens with one attached hydrogen (secondary N) is 1. The second kappa shape index (κ2) is 9.61. The normalized spacial score (nSPS) is 17.2. The van der Waals surface area contributed by atoms with Crippen LogP contribution in [-0.4, -0.2) is 42.8 Å². The first-order valence-electron chi connectivity index (χ1n) is 10.1. The fourth-order valence-electron chi connectivity index (χ4n) is 3.70. The van der Waals surface area contributed by atoms with Crippen LogP contribution >= 0.6 is 0 Å². The van der Waals surface area contributed by atoms with Crippen LogP contribution in [-0.2, 0) is 19.6 Å². The third-order valence-electron chi connectivity index (χ3n) is 5.00. The number of nitro groups is 1. The average molecular weight is 452 g/mol. The molecule has 1 aliphatic heterocycles. The Morgan fingerprint density at radius 1 is 1.23 bits per heavy atom. The Labute approximate surface area is 183 Å². The Bertz CT molecular complexity index is 1040. The molecular formula is C21H29N3O6S. The molecule has 0 aliphatic carbocycles. The van der Waals surface area contributed by atoms with Gasteiger partial charge in [-0.15, -0.1) is 0 Å². The van der Waals surface area contributed by atoms with Crippen molar-refractivity contribution in [2.24, 2.45) is 0 Å². The zero-order valence-corrected chi connectivity index (χ0v) is 19.4. The molecule has 1 aromatic rings. The summed E-state index contributed by atoms with van der Waals surface area (Å²) in [4.78, 5) is 23.8. The van der Waals surface area contributed by atoms with Gasteiger partial charge in [-0.25, -0.2) is 13.2 Å². The van der Waals surface area contributed by atoms with Crippen LogP contribution in [0.25, 0.3) is 0 Å². The number of rotatable bonds is 8. The number of ether oxygens (including phenoxy) is 1. The summed E-state index contributed by atoms with van der Waals surface area (Å²) in [7, 11) is -3.98. The zero-order valence-electron chi connectivity index (χ0n) is 18.6. The molecule has 1 unspecified atom stereocenters. The van der Waals surface area contributed by atoms with Crippen molar-refractivity contribution in [3.63, 3.8) is 0 Å². The van der Waals surface area contributed by atoms with E-state index in [0.29, 0.717) is 17.0 Å². The van der Waals surface area contributed by atoms with Crippen LogP contribution in [0.3, 0.4) is 0 Å². The van der Waals surface area contributed by atoms with E-state index in [2.05, 4.69) is 5.32 Å². The van der Waals surface area contributed by atoms with E-state index in [4.69, 9.17) is 4.74 Å². The Morgan fingerprint density at radius 2 is 1.84 bits per heavy atom. The summed E-state index contributed by atoms with van der Waals surface area (Å²) in [5, 5.41) is 14.4. The van der Waals surface area contributed by atoms with E-state index in [1.54, 1.807) is 47.6 Å². The number of non-ortho nitro benzene ring substituents is 1. The molecule has 0 saturated carbocycles. The van der Waals surface area contributed by atoms with E-state index in [1.807, 2.05) is 0 Å². The first-order valence-corrected chi connectivity index (χ1v) is 11.5. The minimum absolute atomic E-state index is 0.0157. The molecule has 1 atom stereocenters. The Morgan fingerprint density at radius 3 is 2.35 bits per heavy atom. The van der Waals surface area contributed by atoms with Crippen LogP contribution < -0.4 is 5.32 Å².